The average Bonchev–Trinajstić information content (AvgIpc) is 2.92. The van der Waals surface area contributed by atoms with Crippen molar-refractivity contribution in [2.24, 2.45) is 0 Å². The smallest absolute Gasteiger partial charge is 0.410 e. The first-order chi connectivity index (χ1) is 10.4. The number of hydrogen-bond donors (Lipinski definition) is 1. The maximum absolute atomic E-state index is 12.3. The molecule has 0 spiro atoms. The molecule has 1 unspecified atom stereocenters. The van der Waals surface area contributed by atoms with Crippen LogP contribution < -0.4 is 5.32 Å². The molecule has 0 bridgehead atoms. The van der Waals surface area contributed by atoms with Crippen LogP contribution in [-0.2, 0) is 4.74 Å². The topological polar surface area (TPSA) is 54.5 Å². The summed E-state index contributed by atoms with van der Waals surface area (Å²) in [5.41, 5.74) is 0.763. The van der Waals surface area contributed by atoms with Crippen LogP contribution in [0.25, 0.3) is 0 Å². The maximum Gasteiger partial charge on any atom is 0.410 e. The highest BCUT2D eigenvalue weighted by atomic mass is 16.6. The molecule has 1 aliphatic rings. The van der Waals surface area contributed by atoms with E-state index in [0.717, 1.165) is 25.9 Å². The van der Waals surface area contributed by atoms with Gasteiger partial charge in [-0.2, -0.15) is 0 Å². The van der Waals surface area contributed by atoms with Crippen molar-refractivity contribution in [3.05, 3.63) is 30.1 Å². The summed E-state index contributed by atoms with van der Waals surface area (Å²) in [5.74, 6) is 0. The molecule has 22 heavy (non-hydrogen) atoms. The first-order valence-electron chi connectivity index (χ1n) is 8.00. The minimum absolute atomic E-state index is 0.201. The second-order valence-electron chi connectivity index (χ2n) is 6.88. The molecule has 0 saturated carbocycles. The van der Waals surface area contributed by atoms with E-state index in [0.29, 0.717) is 0 Å². The lowest BCUT2D eigenvalue weighted by molar-refractivity contribution is 0.0225. The van der Waals surface area contributed by atoms with Crippen molar-refractivity contribution in [3.8, 4) is 0 Å². The molecule has 1 N–H and O–H groups in total. The van der Waals surface area contributed by atoms with Crippen molar-refractivity contribution in [2.75, 3.05) is 13.1 Å². The summed E-state index contributed by atoms with van der Waals surface area (Å²) >= 11 is 0. The molecule has 0 aromatic carbocycles. The van der Waals surface area contributed by atoms with E-state index in [-0.39, 0.29) is 18.2 Å². The second kappa shape index (κ2) is 7.09. The number of ether oxygens (including phenoxy) is 1. The van der Waals surface area contributed by atoms with Gasteiger partial charge in [-0.3, -0.25) is 4.98 Å². The van der Waals surface area contributed by atoms with E-state index in [1.807, 2.05) is 37.8 Å². The van der Waals surface area contributed by atoms with Crippen molar-refractivity contribution >= 4 is 6.09 Å². The highest BCUT2D eigenvalue weighted by Crippen LogP contribution is 2.21. The third kappa shape index (κ3) is 4.70. The minimum Gasteiger partial charge on any atom is -0.444 e. The normalized spacial score (nSPS) is 20.0. The summed E-state index contributed by atoms with van der Waals surface area (Å²) in [6.45, 7) is 9.40. The fourth-order valence-electron chi connectivity index (χ4n) is 2.69. The lowest BCUT2D eigenvalue weighted by Crippen LogP contribution is -2.44. The third-order valence-corrected chi connectivity index (χ3v) is 3.87. The first-order valence-corrected chi connectivity index (χ1v) is 8.00. The van der Waals surface area contributed by atoms with Crippen LogP contribution in [0.5, 0.6) is 0 Å². The molecule has 2 rings (SSSR count). The molecule has 1 aromatic heterocycles. The van der Waals surface area contributed by atoms with E-state index in [9.17, 15) is 4.79 Å². The summed E-state index contributed by atoms with van der Waals surface area (Å²) in [6.07, 6.45) is 5.46. The lowest BCUT2D eigenvalue weighted by atomic mass is 10.1. The highest BCUT2D eigenvalue weighted by molar-refractivity contribution is 5.69. The van der Waals surface area contributed by atoms with E-state index < -0.39 is 5.60 Å². The van der Waals surface area contributed by atoms with Crippen LogP contribution in [0.2, 0.25) is 0 Å². The number of likely N-dealkylation sites (tertiary alicyclic amines) is 1. The van der Waals surface area contributed by atoms with Crippen LogP contribution in [-0.4, -0.2) is 40.7 Å². The van der Waals surface area contributed by atoms with Crippen molar-refractivity contribution < 1.29 is 9.53 Å². The fourth-order valence-corrected chi connectivity index (χ4v) is 2.69. The molecule has 1 fully saturated rings. The van der Waals surface area contributed by atoms with Crippen molar-refractivity contribution in [1.29, 1.82) is 0 Å². The van der Waals surface area contributed by atoms with Gasteiger partial charge in [0.15, 0.2) is 0 Å². The largest absolute Gasteiger partial charge is 0.444 e. The van der Waals surface area contributed by atoms with Crippen LogP contribution >= 0.6 is 0 Å². The number of rotatable bonds is 4. The van der Waals surface area contributed by atoms with Crippen LogP contribution in [0.1, 0.15) is 52.1 Å². The SMILES string of the molecule is C[C@@H](NCC1CCCN1C(=O)OC(C)(C)C)c1ccncc1. The van der Waals surface area contributed by atoms with Gasteiger partial charge in [-0.25, -0.2) is 4.79 Å². The van der Waals surface area contributed by atoms with Gasteiger partial charge in [0.1, 0.15) is 5.60 Å². The molecule has 1 saturated heterocycles. The summed E-state index contributed by atoms with van der Waals surface area (Å²) in [4.78, 5) is 18.1. The Morgan fingerprint density at radius 3 is 2.77 bits per heavy atom. The van der Waals surface area contributed by atoms with Gasteiger partial charge >= 0.3 is 6.09 Å². The van der Waals surface area contributed by atoms with Gasteiger partial charge < -0.3 is 15.0 Å². The summed E-state index contributed by atoms with van der Waals surface area (Å²) in [7, 11) is 0. The Balaban J connectivity index is 1.87. The monoisotopic (exact) mass is 305 g/mol. The number of carbonyl (C=O) groups is 1. The molecular weight excluding hydrogens is 278 g/mol. The van der Waals surface area contributed by atoms with Gasteiger partial charge in [-0.1, -0.05) is 0 Å². The number of nitrogens with one attached hydrogen (secondary N) is 1. The molecule has 2 atom stereocenters. The van der Waals surface area contributed by atoms with E-state index >= 15 is 0 Å². The molecule has 1 amide bonds. The molecule has 1 aromatic rings. The van der Waals surface area contributed by atoms with Crippen molar-refractivity contribution in [1.82, 2.24) is 15.2 Å². The van der Waals surface area contributed by atoms with Crippen LogP contribution in [0.3, 0.4) is 0 Å². The van der Waals surface area contributed by atoms with Gasteiger partial charge in [0.2, 0.25) is 0 Å². The Hall–Kier alpha value is -1.62. The number of carbonyl (C=O) groups excluding carboxylic acids is 1. The predicted molar refractivity (Wildman–Crippen MR) is 86.6 cm³/mol. The third-order valence-electron chi connectivity index (χ3n) is 3.87. The number of aromatic nitrogens is 1. The molecule has 1 aliphatic heterocycles. The summed E-state index contributed by atoms with van der Waals surface area (Å²) < 4.78 is 5.49. The van der Waals surface area contributed by atoms with E-state index in [1.54, 1.807) is 12.4 Å². The Bertz CT molecular complexity index is 484. The molecule has 2 heterocycles. The minimum atomic E-state index is -0.442. The Morgan fingerprint density at radius 2 is 2.14 bits per heavy atom. The van der Waals surface area contributed by atoms with E-state index in [4.69, 9.17) is 4.74 Å². The van der Waals surface area contributed by atoms with E-state index in [1.165, 1.54) is 5.56 Å². The van der Waals surface area contributed by atoms with Gasteiger partial charge in [0, 0.05) is 37.6 Å². The number of pyridine rings is 1. The molecular formula is C17H27N3O2. The zero-order chi connectivity index (χ0) is 16.2. The maximum atomic E-state index is 12.3. The Kier molecular flexibility index (Phi) is 5.40. The van der Waals surface area contributed by atoms with Crippen molar-refractivity contribution in [2.45, 2.75) is 58.2 Å². The number of nitrogens with zero attached hydrogens (tertiary/aromatic N) is 2. The molecule has 0 aliphatic carbocycles. The molecule has 5 nitrogen and oxygen atoms in total. The zero-order valence-electron chi connectivity index (χ0n) is 14.0. The Labute approximate surface area is 133 Å². The van der Waals surface area contributed by atoms with E-state index in [2.05, 4.69) is 17.2 Å². The van der Waals surface area contributed by atoms with Gasteiger partial charge in [0.05, 0.1) is 0 Å². The Morgan fingerprint density at radius 1 is 1.45 bits per heavy atom. The molecule has 5 heteroatoms. The molecule has 122 valence electrons. The van der Waals surface area contributed by atoms with Gasteiger partial charge in [-0.05, 0) is 58.2 Å². The summed E-state index contributed by atoms with van der Waals surface area (Å²) in [6, 6.07) is 4.47. The predicted octanol–water partition coefficient (Wildman–Crippen LogP) is 3.13. The molecule has 0 radical (unpaired) electrons. The number of amides is 1. The first kappa shape index (κ1) is 16.7. The summed E-state index contributed by atoms with van der Waals surface area (Å²) in [5, 5.41) is 3.51. The van der Waals surface area contributed by atoms with Gasteiger partial charge in [-0.15, -0.1) is 0 Å². The zero-order valence-corrected chi connectivity index (χ0v) is 14.0. The van der Waals surface area contributed by atoms with Crippen molar-refractivity contribution in [3.63, 3.8) is 0 Å². The van der Waals surface area contributed by atoms with Crippen LogP contribution in [0.15, 0.2) is 24.5 Å². The number of hydrogen-bond acceptors (Lipinski definition) is 4. The highest BCUT2D eigenvalue weighted by Gasteiger charge is 2.32. The van der Waals surface area contributed by atoms with Gasteiger partial charge in [0.25, 0.3) is 0 Å². The van der Waals surface area contributed by atoms with Crippen LogP contribution in [0.4, 0.5) is 4.79 Å². The average molecular weight is 305 g/mol. The van der Waals surface area contributed by atoms with Crippen LogP contribution in [0, 0.1) is 0 Å². The lowest BCUT2D eigenvalue weighted by Gasteiger charge is -2.29. The standard InChI is InChI=1S/C17H27N3O2/c1-13(14-7-9-18-10-8-14)19-12-15-6-5-11-20(15)16(21)22-17(2,3)4/h7-10,13,15,19H,5-6,11-12H2,1-4H3/t13-,15?/m1/s1. The fraction of sp³-hybridized carbons (Fsp3) is 0.647. The second-order valence-corrected chi connectivity index (χ2v) is 6.88. The quantitative estimate of drug-likeness (QED) is 0.928.